The van der Waals surface area contributed by atoms with Gasteiger partial charge in [0, 0.05) is 13.7 Å². The number of Topliss-reactive ketones (excluding diaryl/α,β-unsaturated/α-hetero) is 1. The van der Waals surface area contributed by atoms with Crippen molar-refractivity contribution in [2.75, 3.05) is 20.2 Å². The minimum absolute atomic E-state index is 0.0430. The fourth-order valence-electron chi connectivity index (χ4n) is 4.19. The number of methoxy groups -OCH3 is 1. The van der Waals surface area contributed by atoms with Crippen LogP contribution in [-0.4, -0.2) is 71.8 Å². The molecule has 7 nitrogen and oxygen atoms in total. The topological polar surface area (TPSA) is 92.9 Å². The number of likely N-dealkylation sites (tertiary alicyclic amines) is 2. The molecular weight excluding hydrogens is 346 g/mol. The minimum atomic E-state index is -0.603. The SMILES string of the molecule is COC(CC(C)(C)C)C(=O)N1CC(=O)C2C1CCN2C(=O)C(N)CC(C)C. The summed E-state index contributed by atoms with van der Waals surface area (Å²) in [5.41, 5.74) is 5.99. The van der Waals surface area contributed by atoms with E-state index in [0.29, 0.717) is 31.7 Å². The number of hydrogen-bond donors (Lipinski definition) is 1. The van der Waals surface area contributed by atoms with Gasteiger partial charge in [0.05, 0.1) is 18.6 Å². The lowest BCUT2D eigenvalue weighted by molar-refractivity contribution is -0.145. The van der Waals surface area contributed by atoms with Gasteiger partial charge in [-0.15, -0.1) is 0 Å². The highest BCUT2D eigenvalue weighted by atomic mass is 16.5. The summed E-state index contributed by atoms with van der Waals surface area (Å²) in [7, 11) is 1.53. The van der Waals surface area contributed by atoms with Gasteiger partial charge >= 0.3 is 0 Å². The zero-order valence-corrected chi connectivity index (χ0v) is 17.5. The number of carbonyl (C=O) groups excluding carboxylic acids is 3. The first kappa shape index (κ1) is 21.8. The number of ether oxygens (including phenoxy) is 1. The Morgan fingerprint density at radius 3 is 2.37 bits per heavy atom. The molecule has 2 amide bonds. The van der Waals surface area contributed by atoms with Crippen LogP contribution >= 0.6 is 0 Å². The third kappa shape index (κ3) is 4.88. The molecule has 2 aliphatic rings. The maximum atomic E-state index is 13.0. The predicted octanol–water partition coefficient (Wildman–Crippen LogP) is 1.19. The zero-order valence-electron chi connectivity index (χ0n) is 17.5. The summed E-state index contributed by atoms with van der Waals surface area (Å²) in [6.45, 7) is 10.7. The Kier molecular flexibility index (Phi) is 6.68. The van der Waals surface area contributed by atoms with E-state index in [-0.39, 0.29) is 35.6 Å². The first-order chi connectivity index (χ1) is 12.5. The molecule has 0 aliphatic carbocycles. The van der Waals surface area contributed by atoms with E-state index in [9.17, 15) is 14.4 Å². The molecule has 0 radical (unpaired) electrons. The molecule has 2 N–H and O–H groups in total. The number of rotatable bonds is 6. The molecule has 0 aromatic heterocycles. The molecule has 154 valence electrons. The number of fused-ring (bicyclic) bond motifs is 1. The van der Waals surface area contributed by atoms with Gasteiger partial charge in [0.2, 0.25) is 5.91 Å². The van der Waals surface area contributed by atoms with E-state index in [1.165, 1.54) is 7.11 Å². The van der Waals surface area contributed by atoms with Crippen molar-refractivity contribution in [1.82, 2.24) is 9.80 Å². The van der Waals surface area contributed by atoms with E-state index in [1.54, 1.807) is 9.80 Å². The summed E-state index contributed by atoms with van der Waals surface area (Å²) in [6.07, 6.45) is 1.19. The van der Waals surface area contributed by atoms with Gasteiger partial charge in [-0.1, -0.05) is 34.6 Å². The van der Waals surface area contributed by atoms with Crippen LogP contribution < -0.4 is 5.73 Å². The highest BCUT2D eigenvalue weighted by molar-refractivity contribution is 5.98. The second-order valence-electron chi connectivity index (χ2n) is 9.49. The number of amides is 2. The lowest BCUT2D eigenvalue weighted by atomic mass is 9.88. The molecule has 0 spiro atoms. The van der Waals surface area contributed by atoms with Crippen molar-refractivity contribution in [3.05, 3.63) is 0 Å². The molecule has 4 unspecified atom stereocenters. The average molecular weight is 382 g/mol. The molecule has 2 heterocycles. The number of nitrogens with two attached hydrogens (primary N) is 1. The van der Waals surface area contributed by atoms with Crippen LogP contribution in [0.5, 0.6) is 0 Å². The van der Waals surface area contributed by atoms with E-state index in [1.807, 2.05) is 13.8 Å². The van der Waals surface area contributed by atoms with E-state index in [2.05, 4.69) is 20.8 Å². The monoisotopic (exact) mass is 381 g/mol. The van der Waals surface area contributed by atoms with Crippen LogP contribution in [0, 0.1) is 11.3 Å². The molecule has 0 aromatic rings. The Morgan fingerprint density at radius 1 is 1.22 bits per heavy atom. The number of hydrogen-bond acceptors (Lipinski definition) is 5. The number of carbonyl (C=O) groups is 3. The van der Waals surface area contributed by atoms with Crippen LogP contribution in [0.25, 0.3) is 0 Å². The van der Waals surface area contributed by atoms with Gasteiger partial charge in [-0.25, -0.2) is 0 Å². The zero-order chi connectivity index (χ0) is 20.5. The fraction of sp³-hybridized carbons (Fsp3) is 0.850. The summed E-state index contributed by atoms with van der Waals surface area (Å²) in [6, 6.07) is -1.43. The van der Waals surface area contributed by atoms with Gasteiger partial charge < -0.3 is 20.3 Å². The molecule has 2 saturated heterocycles. The van der Waals surface area contributed by atoms with E-state index in [4.69, 9.17) is 10.5 Å². The first-order valence-corrected chi connectivity index (χ1v) is 9.88. The summed E-state index contributed by atoms with van der Waals surface area (Å²) in [5.74, 6) is -0.119. The first-order valence-electron chi connectivity index (χ1n) is 9.88. The standard InChI is InChI=1S/C20H35N3O4/c1-12(2)9-13(21)18(25)22-8-7-14-17(22)15(24)11-23(14)19(26)16(27-6)10-20(3,4)5/h12-14,16-17H,7-11,21H2,1-6H3. The summed E-state index contributed by atoms with van der Waals surface area (Å²) in [4.78, 5) is 41.6. The lowest BCUT2D eigenvalue weighted by Crippen LogP contribution is -2.50. The normalized spacial score (nSPS) is 25.1. The van der Waals surface area contributed by atoms with E-state index >= 15 is 0 Å². The smallest absolute Gasteiger partial charge is 0.252 e. The second kappa shape index (κ2) is 8.27. The second-order valence-corrected chi connectivity index (χ2v) is 9.49. The Morgan fingerprint density at radius 2 is 1.85 bits per heavy atom. The largest absolute Gasteiger partial charge is 0.372 e. The molecule has 7 heteroatoms. The van der Waals surface area contributed by atoms with E-state index < -0.39 is 18.2 Å². The molecule has 0 aromatic carbocycles. The molecule has 2 fully saturated rings. The van der Waals surface area contributed by atoms with Gasteiger partial charge in [-0.2, -0.15) is 0 Å². The van der Waals surface area contributed by atoms with Crippen LogP contribution in [0.4, 0.5) is 0 Å². The summed E-state index contributed by atoms with van der Waals surface area (Å²) < 4.78 is 5.44. The van der Waals surface area contributed by atoms with Gasteiger partial charge in [0.25, 0.3) is 5.91 Å². The quantitative estimate of drug-likeness (QED) is 0.746. The number of nitrogens with zero attached hydrogens (tertiary/aromatic N) is 2. The van der Waals surface area contributed by atoms with Gasteiger partial charge in [0.1, 0.15) is 12.1 Å². The van der Waals surface area contributed by atoms with Crippen molar-refractivity contribution in [3.8, 4) is 0 Å². The van der Waals surface area contributed by atoms with E-state index in [0.717, 1.165) is 0 Å². The van der Waals surface area contributed by atoms with Crippen LogP contribution in [0.1, 0.15) is 53.9 Å². The van der Waals surface area contributed by atoms with Crippen LogP contribution in [0.15, 0.2) is 0 Å². The third-order valence-electron chi connectivity index (χ3n) is 5.39. The Bertz CT molecular complexity index is 584. The maximum absolute atomic E-state index is 13.0. The lowest BCUT2D eigenvalue weighted by Gasteiger charge is -2.30. The van der Waals surface area contributed by atoms with Gasteiger partial charge in [-0.05, 0) is 30.6 Å². The van der Waals surface area contributed by atoms with Gasteiger partial charge in [-0.3, -0.25) is 14.4 Å². The summed E-state index contributed by atoms with van der Waals surface area (Å²) in [5, 5.41) is 0. The molecular formula is C20H35N3O4. The molecule has 4 atom stereocenters. The fourth-order valence-corrected chi connectivity index (χ4v) is 4.19. The van der Waals surface area contributed by atoms with Crippen molar-refractivity contribution < 1.29 is 19.1 Å². The Labute approximate surface area is 162 Å². The van der Waals surface area contributed by atoms with Crippen LogP contribution in [0.2, 0.25) is 0 Å². The summed E-state index contributed by atoms with van der Waals surface area (Å²) >= 11 is 0. The molecule has 0 bridgehead atoms. The van der Waals surface area contributed by atoms with Crippen molar-refractivity contribution in [1.29, 1.82) is 0 Å². The number of ketones is 1. The Hall–Kier alpha value is -1.47. The molecule has 0 saturated carbocycles. The maximum Gasteiger partial charge on any atom is 0.252 e. The van der Waals surface area contributed by atoms with Crippen molar-refractivity contribution in [2.45, 2.75) is 78.1 Å². The van der Waals surface area contributed by atoms with Gasteiger partial charge in [0.15, 0.2) is 5.78 Å². The minimum Gasteiger partial charge on any atom is -0.372 e. The van der Waals surface area contributed by atoms with Crippen molar-refractivity contribution in [2.24, 2.45) is 17.1 Å². The van der Waals surface area contributed by atoms with Crippen LogP contribution in [0.3, 0.4) is 0 Å². The third-order valence-corrected chi connectivity index (χ3v) is 5.39. The Balaban J connectivity index is 2.12. The predicted molar refractivity (Wildman–Crippen MR) is 103 cm³/mol. The molecule has 2 aliphatic heterocycles. The highest BCUT2D eigenvalue weighted by Crippen LogP contribution is 2.32. The van der Waals surface area contributed by atoms with Crippen molar-refractivity contribution >= 4 is 17.6 Å². The highest BCUT2D eigenvalue weighted by Gasteiger charge is 2.52. The molecule has 27 heavy (non-hydrogen) atoms. The van der Waals surface area contributed by atoms with Crippen molar-refractivity contribution in [3.63, 3.8) is 0 Å². The molecule has 2 rings (SSSR count). The van der Waals surface area contributed by atoms with Crippen LogP contribution in [-0.2, 0) is 19.1 Å². The average Bonchev–Trinajstić information content (AvgIpc) is 3.11.